The first-order chi connectivity index (χ1) is 8.94. The minimum atomic E-state index is -3.50. The molecule has 0 saturated heterocycles. The third-order valence-electron chi connectivity index (χ3n) is 2.82. The summed E-state index contributed by atoms with van der Waals surface area (Å²) in [6.45, 7) is 3.92. The summed E-state index contributed by atoms with van der Waals surface area (Å²) in [4.78, 5) is 0.687. The van der Waals surface area contributed by atoms with Gasteiger partial charge in [-0.25, -0.2) is 13.1 Å². The van der Waals surface area contributed by atoms with Crippen molar-refractivity contribution in [2.24, 2.45) is 0 Å². The van der Waals surface area contributed by atoms with Crippen molar-refractivity contribution in [2.75, 3.05) is 0 Å². The molecule has 0 amide bonds. The average molecular weight is 317 g/mol. The van der Waals surface area contributed by atoms with Gasteiger partial charge in [0.1, 0.15) is 4.21 Å². The summed E-state index contributed by atoms with van der Waals surface area (Å²) >= 11 is 2.67. The van der Waals surface area contributed by atoms with Crippen LogP contribution in [0.15, 0.2) is 21.0 Å². The van der Waals surface area contributed by atoms with Gasteiger partial charge in [-0.2, -0.15) is 11.3 Å². The van der Waals surface area contributed by atoms with Crippen LogP contribution in [0.2, 0.25) is 0 Å². The van der Waals surface area contributed by atoms with Gasteiger partial charge in [0.15, 0.2) is 0 Å². The van der Waals surface area contributed by atoms with E-state index in [1.807, 2.05) is 17.7 Å². The largest absolute Gasteiger partial charge is 0.391 e. The number of sulfonamides is 1. The van der Waals surface area contributed by atoms with Crippen molar-refractivity contribution >= 4 is 32.7 Å². The van der Waals surface area contributed by atoms with E-state index < -0.39 is 10.0 Å². The van der Waals surface area contributed by atoms with E-state index in [4.69, 9.17) is 5.11 Å². The van der Waals surface area contributed by atoms with Crippen LogP contribution in [-0.2, 0) is 23.2 Å². The fourth-order valence-corrected chi connectivity index (χ4v) is 4.95. The Morgan fingerprint density at radius 3 is 2.53 bits per heavy atom. The second kappa shape index (κ2) is 5.72. The van der Waals surface area contributed by atoms with Crippen molar-refractivity contribution in [1.82, 2.24) is 4.72 Å². The smallest absolute Gasteiger partial charge is 0.250 e. The van der Waals surface area contributed by atoms with Crippen molar-refractivity contribution in [3.05, 3.63) is 38.4 Å². The summed E-state index contributed by atoms with van der Waals surface area (Å²) in [6, 6.07) is 1.60. The lowest BCUT2D eigenvalue weighted by Gasteiger charge is -2.04. The summed E-state index contributed by atoms with van der Waals surface area (Å²) in [6.07, 6.45) is 0. The Hall–Kier alpha value is -0.730. The number of aliphatic hydroxyl groups is 1. The highest BCUT2D eigenvalue weighted by molar-refractivity contribution is 7.91. The molecule has 0 fully saturated rings. The molecule has 0 spiro atoms. The number of thiophene rings is 2. The van der Waals surface area contributed by atoms with Crippen molar-refractivity contribution in [3.8, 4) is 0 Å². The van der Waals surface area contributed by atoms with Crippen molar-refractivity contribution < 1.29 is 13.5 Å². The summed E-state index contributed by atoms with van der Waals surface area (Å²) in [5.41, 5.74) is 2.88. The van der Waals surface area contributed by atoms with Crippen LogP contribution in [0, 0.1) is 13.8 Å². The van der Waals surface area contributed by atoms with Crippen molar-refractivity contribution in [3.63, 3.8) is 0 Å². The summed E-state index contributed by atoms with van der Waals surface area (Å²) in [7, 11) is -3.50. The Balaban J connectivity index is 2.16. The van der Waals surface area contributed by atoms with Crippen LogP contribution in [0.3, 0.4) is 0 Å². The first kappa shape index (κ1) is 14.7. The highest BCUT2D eigenvalue weighted by atomic mass is 32.2. The highest BCUT2D eigenvalue weighted by Crippen LogP contribution is 2.26. The molecule has 0 atom stereocenters. The molecule has 4 nitrogen and oxygen atoms in total. The molecule has 2 aromatic rings. The predicted octanol–water partition coefficient (Wildman–Crippen LogP) is 2.40. The van der Waals surface area contributed by atoms with Gasteiger partial charge in [-0.3, -0.25) is 0 Å². The topological polar surface area (TPSA) is 66.4 Å². The first-order valence-corrected chi connectivity index (χ1v) is 8.90. The number of aliphatic hydroxyl groups excluding tert-OH is 1. The van der Waals surface area contributed by atoms with E-state index in [9.17, 15) is 8.42 Å². The second-order valence-electron chi connectivity index (χ2n) is 4.23. The van der Waals surface area contributed by atoms with Gasteiger partial charge in [-0.05, 0) is 47.4 Å². The molecule has 0 aliphatic carbocycles. The molecule has 2 heterocycles. The molecule has 0 bridgehead atoms. The van der Waals surface area contributed by atoms with Crippen LogP contribution >= 0.6 is 22.7 Å². The Kier molecular flexibility index (Phi) is 4.42. The third-order valence-corrected chi connectivity index (χ3v) is 6.83. The molecule has 0 aromatic carbocycles. The summed E-state index contributed by atoms with van der Waals surface area (Å²) < 4.78 is 27.1. The number of hydrogen-bond donors (Lipinski definition) is 2. The van der Waals surface area contributed by atoms with Crippen LogP contribution in [0.1, 0.15) is 21.6 Å². The van der Waals surface area contributed by atoms with Gasteiger partial charge in [0.2, 0.25) is 10.0 Å². The van der Waals surface area contributed by atoms with Crippen molar-refractivity contribution in [2.45, 2.75) is 31.2 Å². The normalized spacial score (nSPS) is 11.9. The van der Waals surface area contributed by atoms with Gasteiger partial charge in [0, 0.05) is 11.4 Å². The van der Waals surface area contributed by atoms with E-state index in [-0.39, 0.29) is 10.8 Å². The van der Waals surface area contributed by atoms with Gasteiger partial charge in [0.25, 0.3) is 0 Å². The molecule has 104 valence electrons. The monoisotopic (exact) mass is 317 g/mol. The molecule has 19 heavy (non-hydrogen) atoms. The molecule has 0 aliphatic rings. The Morgan fingerprint density at radius 2 is 2.00 bits per heavy atom. The fraction of sp³-hybridized carbons (Fsp3) is 0.333. The molecule has 0 unspecified atom stereocenters. The second-order valence-corrected chi connectivity index (χ2v) is 8.11. The van der Waals surface area contributed by atoms with Crippen LogP contribution in [0.25, 0.3) is 0 Å². The van der Waals surface area contributed by atoms with Gasteiger partial charge in [-0.1, -0.05) is 0 Å². The third kappa shape index (κ3) is 3.24. The summed E-state index contributed by atoms with van der Waals surface area (Å²) in [5.74, 6) is 0. The van der Waals surface area contributed by atoms with Crippen molar-refractivity contribution in [1.29, 1.82) is 0 Å². The molecule has 2 rings (SSSR count). The molecule has 0 aliphatic heterocycles. The quantitative estimate of drug-likeness (QED) is 0.890. The minimum absolute atomic E-state index is 0.129. The molecular formula is C12H15NO3S3. The maximum Gasteiger partial charge on any atom is 0.250 e. The van der Waals surface area contributed by atoms with E-state index in [1.54, 1.807) is 24.3 Å². The molecule has 0 radical (unpaired) electrons. The number of aryl methyl sites for hydroxylation is 2. The Morgan fingerprint density at radius 1 is 1.26 bits per heavy atom. The maximum atomic E-state index is 12.1. The highest BCUT2D eigenvalue weighted by Gasteiger charge is 2.18. The fourth-order valence-electron chi connectivity index (χ4n) is 1.59. The SMILES string of the molecule is Cc1cscc1CNS(=O)(=O)c1cc(C)c(CO)s1. The minimum Gasteiger partial charge on any atom is -0.391 e. The molecular weight excluding hydrogens is 302 g/mol. The van der Waals surface area contributed by atoms with E-state index in [1.165, 1.54) is 0 Å². The van der Waals surface area contributed by atoms with Gasteiger partial charge >= 0.3 is 0 Å². The Bertz CT molecular complexity index is 670. The Labute approximate surface area is 120 Å². The molecule has 2 N–H and O–H groups in total. The lowest BCUT2D eigenvalue weighted by Crippen LogP contribution is -2.22. The zero-order chi connectivity index (χ0) is 14.0. The van der Waals surface area contributed by atoms with Crippen LogP contribution < -0.4 is 4.72 Å². The predicted molar refractivity (Wildman–Crippen MR) is 78.1 cm³/mol. The average Bonchev–Trinajstić information content (AvgIpc) is 2.93. The standard InChI is InChI=1S/C12H15NO3S3/c1-8-3-12(18-11(8)5-14)19(15,16)13-4-10-7-17-6-9(10)2/h3,6-7,13-14H,4-5H2,1-2H3. The van der Waals surface area contributed by atoms with Crippen LogP contribution in [0.4, 0.5) is 0 Å². The van der Waals surface area contributed by atoms with E-state index in [0.29, 0.717) is 11.4 Å². The van der Waals surface area contributed by atoms with E-state index in [0.717, 1.165) is 28.0 Å². The maximum absolute atomic E-state index is 12.1. The van der Waals surface area contributed by atoms with Crippen LogP contribution in [0.5, 0.6) is 0 Å². The van der Waals surface area contributed by atoms with Gasteiger partial charge < -0.3 is 5.11 Å². The zero-order valence-corrected chi connectivity index (χ0v) is 13.1. The molecule has 7 heteroatoms. The summed E-state index contributed by atoms with van der Waals surface area (Å²) in [5, 5.41) is 13.0. The number of rotatable bonds is 5. The number of hydrogen-bond acceptors (Lipinski definition) is 5. The lowest BCUT2D eigenvalue weighted by atomic mass is 10.2. The van der Waals surface area contributed by atoms with Gasteiger partial charge in [-0.15, -0.1) is 11.3 Å². The first-order valence-electron chi connectivity index (χ1n) is 5.65. The van der Waals surface area contributed by atoms with E-state index in [2.05, 4.69) is 4.72 Å². The van der Waals surface area contributed by atoms with Crippen LogP contribution in [-0.4, -0.2) is 13.5 Å². The zero-order valence-electron chi connectivity index (χ0n) is 10.6. The molecule has 2 aromatic heterocycles. The van der Waals surface area contributed by atoms with Gasteiger partial charge in [0.05, 0.1) is 6.61 Å². The lowest BCUT2D eigenvalue weighted by molar-refractivity contribution is 0.285. The van der Waals surface area contributed by atoms with E-state index >= 15 is 0 Å². The number of nitrogens with one attached hydrogen (secondary N) is 1. The molecule has 0 saturated carbocycles.